The van der Waals surface area contributed by atoms with Crippen LogP contribution in [0.5, 0.6) is 0 Å². The highest BCUT2D eigenvalue weighted by Crippen LogP contribution is 2.27. The van der Waals surface area contributed by atoms with Crippen molar-refractivity contribution in [2.45, 2.75) is 58.4 Å². The van der Waals surface area contributed by atoms with Gasteiger partial charge in [0.1, 0.15) is 0 Å². The minimum atomic E-state index is 0.420. The molecule has 3 rings (SSSR count). The van der Waals surface area contributed by atoms with Crippen molar-refractivity contribution in [3.05, 3.63) is 12.4 Å². The smallest absolute Gasteiger partial charge is 0.225 e. The predicted molar refractivity (Wildman–Crippen MR) is 100 cm³/mol. The van der Waals surface area contributed by atoms with E-state index in [1.165, 1.54) is 25.7 Å². The molecule has 1 aliphatic carbocycles. The van der Waals surface area contributed by atoms with Crippen LogP contribution in [0.15, 0.2) is 12.4 Å². The van der Waals surface area contributed by atoms with Crippen LogP contribution in [0.4, 0.5) is 11.6 Å². The second-order valence-corrected chi connectivity index (χ2v) is 8.00. The van der Waals surface area contributed by atoms with E-state index in [4.69, 9.17) is 5.73 Å². The fourth-order valence-corrected chi connectivity index (χ4v) is 4.00. The maximum atomic E-state index is 5.97. The molecule has 24 heavy (non-hydrogen) atoms. The molecule has 0 aromatic carbocycles. The zero-order valence-electron chi connectivity index (χ0n) is 15.2. The summed E-state index contributed by atoms with van der Waals surface area (Å²) in [5.74, 6) is 3.26. The summed E-state index contributed by atoms with van der Waals surface area (Å²) in [5, 5.41) is 3.50. The van der Waals surface area contributed by atoms with Crippen LogP contribution in [0, 0.1) is 17.8 Å². The minimum absolute atomic E-state index is 0.420. The Morgan fingerprint density at radius 2 is 1.71 bits per heavy atom. The molecule has 0 unspecified atom stereocenters. The molecule has 1 aromatic heterocycles. The summed E-state index contributed by atoms with van der Waals surface area (Å²) in [6, 6.07) is 0.420. The molecule has 5 heteroatoms. The number of nitrogens with two attached hydrogens (primary N) is 1. The summed E-state index contributed by atoms with van der Waals surface area (Å²) in [6.45, 7) is 7.83. The van der Waals surface area contributed by atoms with Gasteiger partial charge in [0.15, 0.2) is 0 Å². The molecule has 2 heterocycles. The first kappa shape index (κ1) is 17.5. The molecule has 0 radical (unpaired) electrons. The molecular weight excluding hydrogens is 298 g/mol. The van der Waals surface area contributed by atoms with E-state index in [2.05, 4.69) is 34.0 Å². The molecule has 2 fully saturated rings. The number of hydrogen-bond acceptors (Lipinski definition) is 5. The van der Waals surface area contributed by atoms with Crippen molar-refractivity contribution in [2.75, 3.05) is 29.9 Å². The van der Waals surface area contributed by atoms with Crippen molar-refractivity contribution in [3.63, 3.8) is 0 Å². The highest BCUT2D eigenvalue weighted by Gasteiger charge is 2.23. The summed E-state index contributed by atoms with van der Waals surface area (Å²) in [6.07, 6.45) is 11.2. The zero-order valence-corrected chi connectivity index (χ0v) is 15.2. The molecule has 5 nitrogen and oxygen atoms in total. The Hall–Kier alpha value is -1.36. The fourth-order valence-electron chi connectivity index (χ4n) is 4.00. The molecule has 0 bridgehead atoms. The Morgan fingerprint density at radius 1 is 1.08 bits per heavy atom. The molecule has 1 aliphatic heterocycles. The van der Waals surface area contributed by atoms with Crippen molar-refractivity contribution in [1.82, 2.24) is 9.97 Å². The summed E-state index contributed by atoms with van der Waals surface area (Å²) in [5.41, 5.74) is 7.00. The first-order chi connectivity index (χ1) is 11.6. The molecule has 0 spiro atoms. The van der Waals surface area contributed by atoms with Crippen LogP contribution in [-0.2, 0) is 0 Å². The van der Waals surface area contributed by atoms with E-state index in [9.17, 15) is 0 Å². The number of rotatable bonds is 5. The lowest BCUT2D eigenvalue weighted by molar-refractivity contribution is 0.310. The van der Waals surface area contributed by atoms with Crippen LogP contribution < -0.4 is 16.0 Å². The van der Waals surface area contributed by atoms with Crippen LogP contribution >= 0.6 is 0 Å². The Morgan fingerprint density at radius 3 is 2.29 bits per heavy atom. The van der Waals surface area contributed by atoms with Crippen molar-refractivity contribution in [2.24, 2.45) is 23.5 Å². The highest BCUT2D eigenvalue weighted by molar-refractivity contribution is 5.42. The van der Waals surface area contributed by atoms with Crippen molar-refractivity contribution < 1.29 is 0 Å². The van der Waals surface area contributed by atoms with Gasteiger partial charge in [-0.3, -0.25) is 0 Å². The SMILES string of the molecule is CC(C)C1CCN(c2ncc(NC[C@H]3CC[C@H](N)CC3)cn2)CC1. The van der Waals surface area contributed by atoms with E-state index in [-0.39, 0.29) is 0 Å². The minimum Gasteiger partial charge on any atom is -0.382 e. The quantitative estimate of drug-likeness (QED) is 0.867. The van der Waals surface area contributed by atoms with Crippen molar-refractivity contribution in [3.8, 4) is 0 Å². The van der Waals surface area contributed by atoms with Crippen LogP contribution in [0.2, 0.25) is 0 Å². The second kappa shape index (κ2) is 8.15. The van der Waals surface area contributed by atoms with Gasteiger partial charge in [0.25, 0.3) is 0 Å². The number of nitrogens with one attached hydrogen (secondary N) is 1. The average Bonchev–Trinajstić information content (AvgIpc) is 2.62. The molecule has 1 aromatic rings. The van der Waals surface area contributed by atoms with Gasteiger partial charge in [-0.2, -0.15) is 0 Å². The third-order valence-electron chi connectivity index (χ3n) is 5.89. The number of hydrogen-bond donors (Lipinski definition) is 2. The Balaban J connectivity index is 1.45. The van der Waals surface area contributed by atoms with Gasteiger partial charge in [0.2, 0.25) is 5.95 Å². The Labute approximate surface area is 146 Å². The first-order valence-electron chi connectivity index (χ1n) is 9.68. The van der Waals surface area contributed by atoms with E-state index in [0.717, 1.165) is 61.9 Å². The van der Waals surface area contributed by atoms with Gasteiger partial charge >= 0.3 is 0 Å². The Bertz CT molecular complexity index is 485. The summed E-state index contributed by atoms with van der Waals surface area (Å²) in [4.78, 5) is 11.5. The number of nitrogens with zero attached hydrogens (tertiary/aromatic N) is 3. The third kappa shape index (κ3) is 4.59. The lowest BCUT2D eigenvalue weighted by Gasteiger charge is -2.33. The van der Waals surface area contributed by atoms with Crippen LogP contribution in [0.25, 0.3) is 0 Å². The third-order valence-corrected chi connectivity index (χ3v) is 5.89. The zero-order chi connectivity index (χ0) is 16.9. The topological polar surface area (TPSA) is 67.1 Å². The Kier molecular flexibility index (Phi) is 5.93. The summed E-state index contributed by atoms with van der Waals surface area (Å²) >= 11 is 0. The van der Waals surface area contributed by atoms with Crippen LogP contribution in [0.1, 0.15) is 52.4 Å². The second-order valence-electron chi connectivity index (χ2n) is 8.00. The van der Waals surface area contributed by atoms with E-state index >= 15 is 0 Å². The number of aromatic nitrogens is 2. The van der Waals surface area contributed by atoms with Gasteiger partial charge in [-0.05, 0) is 56.3 Å². The number of piperidine rings is 1. The maximum Gasteiger partial charge on any atom is 0.225 e. The van der Waals surface area contributed by atoms with E-state index in [1.807, 2.05) is 12.4 Å². The first-order valence-corrected chi connectivity index (χ1v) is 9.68. The molecule has 2 aliphatic rings. The predicted octanol–water partition coefficient (Wildman–Crippen LogP) is 3.28. The highest BCUT2D eigenvalue weighted by atomic mass is 15.3. The summed E-state index contributed by atoms with van der Waals surface area (Å²) in [7, 11) is 0. The van der Waals surface area contributed by atoms with Crippen LogP contribution in [-0.4, -0.2) is 35.6 Å². The fraction of sp³-hybridized carbons (Fsp3) is 0.789. The molecule has 0 atom stereocenters. The van der Waals surface area contributed by atoms with Gasteiger partial charge in [-0.25, -0.2) is 9.97 Å². The number of anilines is 2. The molecule has 3 N–H and O–H groups in total. The normalized spacial score (nSPS) is 25.9. The van der Waals surface area contributed by atoms with E-state index in [0.29, 0.717) is 6.04 Å². The van der Waals surface area contributed by atoms with Crippen molar-refractivity contribution in [1.29, 1.82) is 0 Å². The monoisotopic (exact) mass is 331 g/mol. The lowest BCUT2D eigenvalue weighted by Crippen LogP contribution is -2.36. The van der Waals surface area contributed by atoms with Gasteiger partial charge in [0, 0.05) is 25.7 Å². The maximum absolute atomic E-state index is 5.97. The molecular formula is C19H33N5. The van der Waals surface area contributed by atoms with Crippen LogP contribution in [0.3, 0.4) is 0 Å². The molecule has 1 saturated heterocycles. The standard InChI is InChI=1S/C19H33N5/c1-14(2)16-7-9-24(10-8-16)19-22-12-18(13-23-19)21-11-15-3-5-17(20)6-4-15/h12-17,21H,3-11,20H2,1-2H3/t15-,17-. The van der Waals surface area contributed by atoms with E-state index in [1.54, 1.807) is 0 Å². The summed E-state index contributed by atoms with van der Waals surface area (Å²) < 4.78 is 0. The van der Waals surface area contributed by atoms with E-state index < -0.39 is 0 Å². The van der Waals surface area contributed by atoms with Gasteiger partial charge < -0.3 is 16.0 Å². The molecule has 134 valence electrons. The largest absolute Gasteiger partial charge is 0.382 e. The van der Waals surface area contributed by atoms with Gasteiger partial charge in [0.05, 0.1) is 18.1 Å². The van der Waals surface area contributed by atoms with Gasteiger partial charge in [-0.1, -0.05) is 13.8 Å². The average molecular weight is 332 g/mol. The van der Waals surface area contributed by atoms with Crippen molar-refractivity contribution >= 4 is 11.6 Å². The molecule has 1 saturated carbocycles. The lowest BCUT2D eigenvalue weighted by atomic mass is 9.86. The molecule has 0 amide bonds. The van der Waals surface area contributed by atoms with Gasteiger partial charge in [-0.15, -0.1) is 0 Å².